The summed E-state index contributed by atoms with van der Waals surface area (Å²) in [6, 6.07) is 23.9. The van der Waals surface area contributed by atoms with Crippen molar-refractivity contribution in [1.29, 1.82) is 5.26 Å². The van der Waals surface area contributed by atoms with Gasteiger partial charge in [-0.25, -0.2) is 0 Å². The van der Waals surface area contributed by atoms with Crippen molar-refractivity contribution in [3.05, 3.63) is 99.5 Å². The molecular weight excluding hydrogens is 522 g/mol. The van der Waals surface area contributed by atoms with Crippen LogP contribution in [0.15, 0.2) is 83.4 Å². The Morgan fingerprint density at radius 2 is 1.71 bits per heavy atom. The number of benzene rings is 3. The molecule has 4 rings (SSSR count). The number of thioether (sulfide) groups is 1. The van der Waals surface area contributed by atoms with Gasteiger partial charge in [-0.3, -0.25) is 14.5 Å². The molecule has 1 N–H and O–H groups in total. The monoisotopic (exact) mass is 547 g/mol. The van der Waals surface area contributed by atoms with Crippen molar-refractivity contribution in [2.75, 3.05) is 25.7 Å². The zero-order valence-corrected chi connectivity index (χ0v) is 22.5. The Morgan fingerprint density at radius 3 is 2.37 bits per heavy atom. The Labute approximate surface area is 231 Å². The van der Waals surface area contributed by atoms with Crippen LogP contribution in [0.3, 0.4) is 0 Å². The summed E-state index contributed by atoms with van der Waals surface area (Å²) in [5.41, 5.74) is 2.38. The van der Waals surface area contributed by atoms with Crippen molar-refractivity contribution in [3.63, 3.8) is 0 Å². The largest absolute Gasteiger partial charge is 0.493 e. The average molecular weight is 548 g/mol. The lowest BCUT2D eigenvalue weighted by atomic mass is 10.1. The number of nitrogens with one attached hydrogen (secondary N) is 1. The quantitative estimate of drug-likeness (QED) is 0.294. The molecule has 0 bridgehead atoms. The smallest absolute Gasteiger partial charge is 0.264 e. The van der Waals surface area contributed by atoms with Gasteiger partial charge in [-0.15, -0.1) is 0 Å². The van der Waals surface area contributed by atoms with Gasteiger partial charge in [0.2, 0.25) is 5.91 Å². The Hall–Kier alpha value is -3.93. The number of anilines is 1. The van der Waals surface area contributed by atoms with Gasteiger partial charge in [0.05, 0.1) is 19.5 Å². The predicted octanol–water partition coefficient (Wildman–Crippen LogP) is 5.14. The van der Waals surface area contributed by atoms with E-state index in [9.17, 15) is 14.9 Å². The van der Waals surface area contributed by atoms with Crippen LogP contribution in [0.4, 0.5) is 5.69 Å². The Morgan fingerprint density at radius 1 is 1.03 bits per heavy atom. The highest BCUT2D eigenvalue weighted by atomic mass is 35.5. The molecule has 194 valence electrons. The molecule has 38 heavy (non-hydrogen) atoms. The summed E-state index contributed by atoms with van der Waals surface area (Å²) in [5.74, 6) is 0.504. The third kappa shape index (κ3) is 6.13. The van der Waals surface area contributed by atoms with E-state index >= 15 is 0 Å². The van der Waals surface area contributed by atoms with E-state index in [0.717, 1.165) is 11.1 Å². The zero-order valence-electron chi connectivity index (χ0n) is 20.9. The second kappa shape index (κ2) is 12.5. The number of nitrogens with zero attached hydrogens (tertiary/aromatic N) is 2. The Bertz CT molecular complexity index is 1390. The molecule has 1 aliphatic rings. The molecule has 1 heterocycles. The van der Waals surface area contributed by atoms with Crippen molar-refractivity contribution >= 4 is 40.9 Å². The summed E-state index contributed by atoms with van der Waals surface area (Å²) in [7, 11) is 3.13. The molecular formula is C29H26ClN3O4S. The lowest BCUT2D eigenvalue weighted by molar-refractivity contribution is -0.117. The molecule has 3 aromatic carbocycles. The summed E-state index contributed by atoms with van der Waals surface area (Å²) < 4.78 is 10.6. The van der Waals surface area contributed by atoms with Crippen LogP contribution in [0.5, 0.6) is 11.5 Å². The van der Waals surface area contributed by atoms with E-state index in [1.54, 1.807) is 44.6 Å². The molecule has 1 fully saturated rings. The summed E-state index contributed by atoms with van der Waals surface area (Å²) in [6.07, 6.45) is 0.959. The number of amides is 2. The fraction of sp³-hybridized carbons (Fsp3) is 0.207. The lowest BCUT2D eigenvalue weighted by Crippen LogP contribution is -2.32. The third-order valence-electron chi connectivity index (χ3n) is 6.00. The molecule has 1 aliphatic heterocycles. The molecule has 1 saturated heterocycles. The third-order valence-corrected chi connectivity index (χ3v) is 7.52. The fourth-order valence-electron chi connectivity index (χ4n) is 4.08. The average Bonchev–Trinajstić information content (AvgIpc) is 3.25. The number of carbonyl (C=O) groups is 2. The first kappa shape index (κ1) is 27.1. The fourth-order valence-corrected chi connectivity index (χ4v) is 5.51. The first-order valence-corrected chi connectivity index (χ1v) is 13.1. The van der Waals surface area contributed by atoms with Gasteiger partial charge in [0.1, 0.15) is 16.7 Å². The van der Waals surface area contributed by atoms with Gasteiger partial charge in [0.15, 0.2) is 11.5 Å². The highest BCUT2D eigenvalue weighted by Gasteiger charge is 2.40. The van der Waals surface area contributed by atoms with Crippen LogP contribution < -0.4 is 19.7 Å². The summed E-state index contributed by atoms with van der Waals surface area (Å²) in [6.45, 7) is 0.297. The number of hydrogen-bond acceptors (Lipinski definition) is 6. The maximum atomic E-state index is 13.5. The van der Waals surface area contributed by atoms with Crippen LogP contribution in [0.1, 0.15) is 11.1 Å². The zero-order chi connectivity index (χ0) is 27.1. The Kier molecular flexibility index (Phi) is 8.95. The van der Waals surface area contributed by atoms with E-state index in [1.807, 2.05) is 48.5 Å². The summed E-state index contributed by atoms with van der Waals surface area (Å²) in [5, 5.41) is 13.3. The van der Waals surface area contributed by atoms with E-state index in [-0.39, 0.29) is 11.5 Å². The number of carbonyl (C=O) groups excluding carboxylic acids is 2. The van der Waals surface area contributed by atoms with Gasteiger partial charge in [0.25, 0.3) is 5.91 Å². The van der Waals surface area contributed by atoms with Crippen LogP contribution >= 0.6 is 23.4 Å². The van der Waals surface area contributed by atoms with E-state index < -0.39 is 11.2 Å². The maximum absolute atomic E-state index is 13.5. The van der Waals surface area contributed by atoms with E-state index in [2.05, 4.69) is 5.32 Å². The van der Waals surface area contributed by atoms with Crippen molar-refractivity contribution in [1.82, 2.24) is 5.32 Å². The minimum atomic E-state index is -0.531. The van der Waals surface area contributed by atoms with Gasteiger partial charge < -0.3 is 14.8 Å². The normalized spacial score (nSPS) is 16.1. The summed E-state index contributed by atoms with van der Waals surface area (Å²) >= 11 is 7.24. The van der Waals surface area contributed by atoms with Gasteiger partial charge in [-0.1, -0.05) is 59.8 Å². The van der Waals surface area contributed by atoms with E-state index in [4.69, 9.17) is 21.1 Å². The molecule has 0 spiro atoms. The number of nitriles is 1. The second-order valence-electron chi connectivity index (χ2n) is 8.43. The minimum Gasteiger partial charge on any atom is -0.493 e. The van der Waals surface area contributed by atoms with Crippen molar-refractivity contribution in [2.24, 2.45) is 0 Å². The molecule has 3 aromatic rings. The number of hydrogen-bond donors (Lipinski definition) is 1. The molecule has 7 nitrogen and oxygen atoms in total. The van der Waals surface area contributed by atoms with Crippen molar-refractivity contribution in [2.45, 2.75) is 18.1 Å². The first-order valence-electron chi connectivity index (χ1n) is 11.9. The SMILES string of the molecule is COc1ccc(CCNC(=O)/C(C#N)=C2/SC(Cc3ccc(Cl)cc3)C(=O)N2c2ccccc2)cc1OC. The summed E-state index contributed by atoms with van der Waals surface area (Å²) in [4.78, 5) is 28.2. The molecule has 0 radical (unpaired) electrons. The van der Waals surface area contributed by atoms with E-state index in [1.165, 1.54) is 16.7 Å². The highest BCUT2D eigenvalue weighted by Crippen LogP contribution is 2.42. The second-order valence-corrected chi connectivity index (χ2v) is 10.1. The van der Waals surface area contributed by atoms with Crippen LogP contribution in [0.25, 0.3) is 0 Å². The number of methoxy groups -OCH3 is 2. The lowest BCUT2D eigenvalue weighted by Gasteiger charge is -2.18. The van der Waals surface area contributed by atoms with Crippen LogP contribution in [0, 0.1) is 11.3 Å². The minimum absolute atomic E-state index is 0.0990. The Balaban J connectivity index is 1.55. The topological polar surface area (TPSA) is 91.7 Å². The van der Waals surface area contributed by atoms with Gasteiger partial charge in [0, 0.05) is 17.3 Å². The molecule has 1 atom stereocenters. The molecule has 2 amide bonds. The van der Waals surface area contributed by atoms with E-state index in [0.29, 0.717) is 46.6 Å². The highest BCUT2D eigenvalue weighted by molar-refractivity contribution is 8.05. The van der Waals surface area contributed by atoms with Crippen LogP contribution in [-0.2, 0) is 22.4 Å². The van der Waals surface area contributed by atoms with Crippen molar-refractivity contribution < 1.29 is 19.1 Å². The standard InChI is InChI=1S/C29H26ClN3O4S/c1-36-24-13-10-20(16-25(24)37-2)14-15-32-27(34)23(18-31)29-33(22-6-4-3-5-7-22)28(35)26(38-29)17-19-8-11-21(30)12-9-19/h3-13,16,26H,14-15,17H2,1-2H3,(H,32,34)/b29-23+. The molecule has 0 aliphatic carbocycles. The van der Waals surface area contributed by atoms with Crippen molar-refractivity contribution in [3.8, 4) is 17.6 Å². The molecule has 9 heteroatoms. The number of para-hydroxylation sites is 1. The molecule has 0 saturated carbocycles. The molecule has 0 aromatic heterocycles. The van der Waals surface area contributed by atoms with Crippen LogP contribution in [0.2, 0.25) is 5.02 Å². The first-order chi connectivity index (χ1) is 18.4. The van der Waals surface area contributed by atoms with Gasteiger partial charge in [-0.2, -0.15) is 5.26 Å². The number of halogens is 1. The number of rotatable bonds is 9. The van der Waals surface area contributed by atoms with Crippen LogP contribution in [-0.4, -0.2) is 37.8 Å². The number of ether oxygens (including phenoxy) is 2. The van der Waals surface area contributed by atoms with Gasteiger partial charge in [-0.05, 0) is 60.4 Å². The maximum Gasteiger partial charge on any atom is 0.264 e. The van der Waals surface area contributed by atoms with Gasteiger partial charge >= 0.3 is 0 Å². The molecule has 1 unspecified atom stereocenters. The predicted molar refractivity (Wildman–Crippen MR) is 149 cm³/mol.